The Kier molecular flexibility index (Phi) is 12.1. The summed E-state index contributed by atoms with van der Waals surface area (Å²) in [6.07, 6.45) is 3.47. The zero-order valence-corrected chi connectivity index (χ0v) is 24.7. The smallest absolute Gasteiger partial charge is 0.108 e. The molecular formula is C28H36N2OS4. The fourth-order valence-corrected chi connectivity index (χ4v) is 4.48. The standard InChI is InChI=1S/C20H26OS2.C8H10N2S2/c1-19(2,3)15-7-11-17(12-8-15)22-21-23-18-13-9-16(10-14-18)20(4,5)6;11-5-4-10-8(12)7-2-1-3-9-6-7/h7-14H,1-6H3;1-3,6,11H,4-5H2,(H,10,12). The summed E-state index contributed by atoms with van der Waals surface area (Å²) >= 11 is 12.0. The van der Waals surface area contributed by atoms with Crippen molar-refractivity contribution < 1.29 is 3.63 Å². The van der Waals surface area contributed by atoms with Crippen molar-refractivity contribution in [3.63, 3.8) is 0 Å². The molecule has 1 aromatic heterocycles. The van der Waals surface area contributed by atoms with Crippen LogP contribution >= 0.6 is 48.9 Å². The van der Waals surface area contributed by atoms with Crippen LogP contribution in [-0.4, -0.2) is 22.3 Å². The van der Waals surface area contributed by atoms with E-state index in [2.05, 4.69) is 113 Å². The van der Waals surface area contributed by atoms with E-state index >= 15 is 0 Å². The first kappa shape index (κ1) is 29.7. The SMILES string of the molecule is CC(C)(C)c1ccc(SOSc2ccc(C(C)(C)C)cc2)cc1.S=C(NCCS)c1cccnc1. The van der Waals surface area contributed by atoms with Gasteiger partial charge in [-0.3, -0.25) is 4.98 Å². The Bertz CT molecular complexity index is 968. The average molecular weight is 545 g/mol. The van der Waals surface area contributed by atoms with Gasteiger partial charge in [-0.25, -0.2) is 3.63 Å². The molecule has 0 unspecified atom stereocenters. The monoisotopic (exact) mass is 544 g/mol. The quantitative estimate of drug-likeness (QED) is 0.177. The second-order valence-electron chi connectivity index (χ2n) is 10.0. The summed E-state index contributed by atoms with van der Waals surface area (Å²) in [6.45, 7) is 14.1. The molecule has 3 nitrogen and oxygen atoms in total. The number of hydrogen-bond acceptors (Lipinski definition) is 6. The lowest BCUT2D eigenvalue weighted by atomic mass is 9.87. The largest absolute Gasteiger partial charge is 0.375 e. The van der Waals surface area contributed by atoms with Crippen LogP contribution in [0.3, 0.4) is 0 Å². The van der Waals surface area contributed by atoms with Crippen molar-refractivity contribution in [1.82, 2.24) is 10.3 Å². The molecule has 7 heteroatoms. The number of nitrogens with zero attached hydrogens (tertiary/aromatic N) is 1. The van der Waals surface area contributed by atoms with Gasteiger partial charge in [0, 0.05) is 64.1 Å². The first-order chi connectivity index (χ1) is 16.5. The van der Waals surface area contributed by atoms with Gasteiger partial charge in [-0.05, 0) is 58.4 Å². The Hall–Kier alpha value is -1.51. The summed E-state index contributed by atoms with van der Waals surface area (Å²) in [5.74, 6) is 0.778. The van der Waals surface area contributed by atoms with E-state index in [0.29, 0.717) is 0 Å². The normalized spacial score (nSPS) is 11.4. The van der Waals surface area contributed by atoms with Crippen molar-refractivity contribution in [3.05, 3.63) is 89.7 Å². The van der Waals surface area contributed by atoms with Crippen LogP contribution in [-0.2, 0) is 14.5 Å². The highest BCUT2D eigenvalue weighted by atomic mass is 32.2. The van der Waals surface area contributed by atoms with Crippen LogP contribution in [0.2, 0.25) is 0 Å². The van der Waals surface area contributed by atoms with Crippen LogP contribution in [0.25, 0.3) is 0 Å². The highest BCUT2D eigenvalue weighted by Crippen LogP contribution is 2.32. The summed E-state index contributed by atoms with van der Waals surface area (Å²) in [7, 11) is 0. The number of nitrogens with one attached hydrogen (secondary N) is 1. The first-order valence-electron chi connectivity index (χ1n) is 11.5. The van der Waals surface area contributed by atoms with Gasteiger partial charge < -0.3 is 5.32 Å². The lowest BCUT2D eigenvalue weighted by Gasteiger charge is -2.19. The molecule has 0 fully saturated rings. The third-order valence-electron chi connectivity index (χ3n) is 5.02. The van der Waals surface area contributed by atoms with Crippen LogP contribution in [0, 0.1) is 0 Å². The molecule has 3 rings (SSSR count). The minimum Gasteiger partial charge on any atom is -0.375 e. The fourth-order valence-electron chi connectivity index (χ4n) is 2.89. The van der Waals surface area contributed by atoms with E-state index < -0.39 is 0 Å². The fraction of sp³-hybridized carbons (Fsp3) is 0.357. The second kappa shape index (κ2) is 14.3. The molecule has 0 saturated carbocycles. The molecule has 1 heterocycles. The maximum Gasteiger partial charge on any atom is 0.108 e. The molecule has 0 atom stereocenters. The van der Waals surface area contributed by atoms with Gasteiger partial charge in [0.2, 0.25) is 0 Å². The van der Waals surface area contributed by atoms with Crippen molar-refractivity contribution in [2.75, 3.05) is 12.3 Å². The van der Waals surface area contributed by atoms with E-state index in [0.717, 1.165) is 32.6 Å². The summed E-state index contributed by atoms with van der Waals surface area (Å²) in [5, 5.41) is 3.06. The first-order valence-corrected chi connectivity index (χ1v) is 14.0. The van der Waals surface area contributed by atoms with Crippen LogP contribution in [0.5, 0.6) is 0 Å². The number of thiol groups is 1. The highest BCUT2D eigenvalue weighted by Gasteiger charge is 2.14. The highest BCUT2D eigenvalue weighted by molar-refractivity contribution is 8.07. The van der Waals surface area contributed by atoms with Crippen molar-refractivity contribution in [2.24, 2.45) is 0 Å². The van der Waals surface area contributed by atoms with Crippen molar-refractivity contribution >= 4 is 53.9 Å². The molecule has 0 aliphatic carbocycles. The molecule has 3 aromatic rings. The Labute approximate surface area is 231 Å². The van der Waals surface area contributed by atoms with Crippen LogP contribution in [0.1, 0.15) is 58.2 Å². The molecule has 0 spiro atoms. The predicted molar refractivity (Wildman–Crippen MR) is 161 cm³/mol. The molecule has 2 aromatic carbocycles. The number of rotatable bonds is 7. The van der Waals surface area contributed by atoms with E-state index in [-0.39, 0.29) is 10.8 Å². The van der Waals surface area contributed by atoms with Gasteiger partial charge in [0.05, 0.1) is 0 Å². The molecule has 0 saturated heterocycles. The third kappa shape index (κ3) is 11.0. The Morgan fingerprint density at radius 3 is 1.71 bits per heavy atom. The minimum absolute atomic E-state index is 0.188. The van der Waals surface area contributed by atoms with Gasteiger partial charge in [-0.2, -0.15) is 12.6 Å². The maximum absolute atomic E-state index is 5.69. The van der Waals surface area contributed by atoms with Crippen molar-refractivity contribution in [2.45, 2.75) is 62.2 Å². The predicted octanol–water partition coefficient (Wildman–Crippen LogP) is 8.29. The summed E-state index contributed by atoms with van der Waals surface area (Å²) in [5.41, 5.74) is 4.01. The third-order valence-corrected chi connectivity index (χ3v) is 7.10. The minimum atomic E-state index is 0.188. The van der Waals surface area contributed by atoms with E-state index in [9.17, 15) is 0 Å². The van der Waals surface area contributed by atoms with E-state index in [4.69, 9.17) is 15.8 Å². The number of thiocarbonyl (C=S) groups is 1. The Balaban J connectivity index is 0.000000303. The average Bonchev–Trinajstić information content (AvgIpc) is 2.83. The van der Waals surface area contributed by atoms with Gasteiger partial charge >= 0.3 is 0 Å². The molecule has 0 bridgehead atoms. The zero-order valence-electron chi connectivity index (χ0n) is 21.4. The lowest BCUT2D eigenvalue weighted by Crippen LogP contribution is -2.24. The summed E-state index contributed by atoms with van der Waals surface area (Å²) in [4.78, 5) is 6.94. The molecule has 0 aliphatic heterocycles. The van der Waals surface area contributed by atoms with Crippen molar-refractivity contribution in [3.8, 4) is 0 Å². The molecule has 35 heavy (non-hydrogen) atoms. The van der Waals surface area contributed by atoms with E-state index in [1.54, 1.807) is 12.4 Å². The summed E-state index contributed by atoms with van der Waals surface area (Å²) in [6, 6.07) is 21.0. The maximum atomic E-state index is 5.69. The topological polar surface area (TPSA) is 34.1 Å². The molecule has 1 N–H and O–H groups in total. The Morgan fingerprint density at radius 1 is 0.857 bits per heavy atom. The molecule has 188 valence electrons. The van der Waals surface area contributed by atoms with Crippen LogP contribution in [0.4, 0.5) is 0 Å². The van der Waals surface area contributed by atoms with Gasteiger partial charge in [0.1, 0.15) is 4.99 Å². The second-order valence-corrected chi connectivity index (χ2v) is 12.7. The number of benzene rings is 2. The van der Waals surface area contributed by atoms with Crippen LogP contribution in [0.15, 0.2) is 82.8 Å². The van der Waals surface area contributed by atoms with Gasteiger partial charge in [-0.1, -0.05) is 78.0 Å². The zero-order chi connectivity index (χ0) is 25.9. The summed E-state index contributed by atoms with van der Waals surface area (Å²) < 4.78 is 5.69. The van der Waals surface area contributed by atoms with E-state index in [1.165, 1.54) is 35.2 Å². The van der Waals surface area contributed by atoms with Gasteiger partial charge in [0.25, 0.3) is 0 Å². The number of aromatic nitrogens is 1. The van der Waals surface area contributed by atoms with Crippen molar-refractivity contribution in [1.29, 1.82) is 0 Å². The van der Waals surface area contributed by atoms with Crippen LogP contribution < -0.4 is 5.32 Å². The molecule has 0 amide bonds. The van der Waals surface area contributed by atoms with Gasteiger partial charge in [-0.15, -0.1) is 0 Å². The molecule has 0 aliphatic rings. The van der Waals surface area contributed by atoms with E-state index in [1.807, 2.05) is 12.1 Å². The Morgan fingerprint density at radius 2 is 1.34 bits per heavy atom. The molecule has 0 radical (unpaired) electrons. The number of pyridine rings is 1. The lowest BCUT2D eigenvalue weighted by molar-refractivity contribution is 0.589. The number of hydrogen-bond donors (Lipinski definition) is 2. The molecular weight excluding hydrogens is 509 g/mol. The van der Waals surface area contributed by atoms with Gasteiger partial charge in [0.15, 0.2) is 0 Å².